The molecule has 0 bridgehead atoms. The largest absolute Gasteiger partial charge is 0.213 e. The van der Waals surface area contributed by atoms with Crippen molar-refractivity contribution in [1.82, 2.24) is 0 Å². The molecule has 2 atom stereocenters. The summed E-state index contributed by atoms with van der Waals surface area (Å²) in [5.74, 6) is 0. The molecular formula is C31H39BrN+. The van der Waals surface area contributed by atoms with Crippen LogP contribution in [-0.2, 0) is 21.8 Å². The lowest BCUT2D eigenvalue weighted by Crippen LogP contribution is -2.67. The lowest BCUT2D eigenvalue weighted by atomic mass is 9.60. The molecule has 1 nitrogen and oxygen atoms in total. The van der Waals surface area contributed by atoms with Crippen LogP contribution in [0.25, 0.3) is 22.0 Å². The van der Waals surface area contributed by atoms with Crippen molar-refractivity contribution in [2.24, 2.45) is 0 Å². The second kappa shape index (κ2) is 7.17. The Balaban J connectivity index is 1.89. The number of nitrogens with zero attached hydrogens (tertiary/aromatic N) is 1. The van der Waals surface area contributed by atoms with Crippen LogP contribution in [0.3, 0.4) is 0 Å². The summed E-state index contributed by atoms with van der Waals surface area (Å²) in [4.78, 5) is 0. The topological polar surface area (TPSA) is 3.88 Å². The maximum Gasteiger partial charge on any atom is 0.213 e. The predicted molar refractivity (Wildman–Crippen MR) is 144 cm³/mol. The lowest BCUT2D eigenvalue weighted by Gasteiger charge is -2.46. The summed E-state index contributed by atoms with van der Waals surface area (Å²) in [5.41, 5.74) is 7.82. The van der Waals surface area contributed by atoms with Crippen LogP contribution < -0.4 is 4.57 Å². The van der Waals surface area contributed by atoms with Gasteiger partial charge in [-0.3, -0.25) is 0 Å². The molecule has 3 aromatic rings. The number of hydrogen-bond donors (Lipinski definition) is 0. The molecule has 0 radical (unpaired) electrons. The third kappa shape index (κ3) is 3.05. The number of aromatic nitrogens is 1. The molecule has 1 aliphatic heterocycles. The van der Waals surface area contributed by atoms with E-state index in [-0.39, 0.29) is 21.8 Å². The van der Waals surface area contributed by atoms with E-state index in [0.29, 0.717) is 0 Å². The third-order valence-electron chi connectivity index (χ3n) is 9.84. The molecule has 2 aliphatic rings. The van der Waals surface area contributed by atoms with Gasteiger partial charge in [0.2, 0.25) is 5.69 Å². The molecule has 1 aromatic heterocycles. The molecule has 5 rings (SSSR count). The van der Waals surface area contributed by atoms with Crippen molar-refractivity contribution in [2.45, 2.75) is 103 Å². The SMILES string of the molecule is CCC1(C)c2ccc(Br)cc2-c2cc3cc4c(cc3c[n+]2C1(C)CC)C(C)(C)CCC4(C)C. The smallest absolute Gasteiger partial charge is 0.192 e. The van der Waals surface area contributed by atoms with Gasteiger partial charge in [-0.1, -0.05) is 63.5 Å². The van der Waals surface area contributed by atoms with Crippen LogP contribution in [0.15, 0.2) is 47.1 Å². The van der Waals surface area contributed by atoms with E-state index < -0.39 is 0 Å². The second-order valence-electron chi connectivity index (χ2n) is 12.3. The Morgan fingerprint density at radius 2 is 1.36 bits per heavy atom. The van der Waals surface area contributed by atoms with Crippen molar-refractivity contribution in [3.05, 3.63) is 63.8 Å². The van der Waals surface area contributed by atoms with Crippen LogP contribution >= 0.6 is 15.9 Å². The maximum atomic E-state index is 3.76. The van der Waals surface area contributed by atoms with Gasteiger partial charge in [0.25, 0.3) is 0 Å². The molecule has 0 N–H and O–H groups in total. The van der Waals surface area contributed by atoms with Crippen molar-refractivity contribution in [3.8, 4) is 11.3 Å². The summed E-state index contributed by atoms with van der Waals surface area (Å²) in [6.45, 7) is 19.4. The number of benzene rings is 2. The molecule has 2 unspecified atom stereocenters. The van der Waals surface area contributed by atoms with E-state index in [4.69, 9.17) is 0 Å². The first-order valence-electron chi connectivity index (χ1n) is 12.7. The van der Waals surface area contributed by atoms with Crippen molar-refractivity contribution in [3.63, 3.8) is 0 Å². The van der Waals surface area contributed by atoms with Crippen LogP contribution in [0.1, 0.15) is 97.8 Å². The van der Waals surface area contributed by atoms with Gasteiger partial charge in [0, 0.05) is 29.3 Å². The molecule has 0 spiro atoms. The van der Waals surface area contributed by atoms with Gasteiger partial charge in [-0.25, -0.2) is 0 Å². The molecule has 0 fully saturated rings. The average Bonchev–Trinajstić information content (AvgIpc) is 2.78. The Labute approximate surface area is 208 Å². The Morgan fingerprint density at radius 3 is 1.94 bits per heavy atom. The number of hydrogen-bond acceptors (Lipinski definition) is 0. The molecule has 2 heterocycles. The first-order valence-corrected chi connectivity index (χ1v) is 13.5. The normalized spacial score (nSPS) is 27.1. The fraction of sp³-hybridized carbons (Fsp3) is 0.516. The van der Waals surface area contributed by atoms with E-state index in [1.807, 2.05) is 0 Å². The molecule has 0 saturated heterocycles. The van der Waals surface area contributed by atoms with E-state index in [1.165, 1.54) is 46.0 Å². The highest BCUT2D eigenvalue weighted by Gasteiger charge is 2.56. The number of halogens is 1. The van der Waals surface area contributed by atoms with Gasteiger partial charge >= 0.3 is 0 Å². The summed E-state index contributed by atoms with van der Waals surface area (Å²) in [6.07, 6.45) is 7.18. The van der Waals surface area contributed by atoms with Gasteiger partial charge in [0.1, 0.15) is 0 Å². The fourth-order valence-electron chi connectivity index (χ4n) is 6.82. The molecule has 2 heteroatoms. The zero-order chi connectivity index (χ0) is 24.0. The Kier molecular flexibility index (Phi) is 5.02. The first kappa shape index (κ1) is 23.1. The summed E-state index contributed by atoms with van der Waals surface area (Å²) in [5, 5.41) is 2.75. The average molecular weight is 506 g/mol. The molecule has 174 valence electrons. The van der Waals surface area contributed by atoms with Gasteiger partial charge in [-0.2, -0.15) is 4.57 Å². The van der Waals surface area contributed by atoms with Crippen LogP contribution in [0, 0.1) is 0 Å². The van der Waals surface area contributed by atoms with E-state index in [0.717, 1.165) is 17.3 Å². The summed E-state index contributed by atoms with van der Waals surface area (Å²) in [6, 6.07) is 14.4. The zero-order valence-electron chi connectivity index (χ0n) is 21.7. The second-order valence-corrected chi connectivity index (χ2v) is 13.2. The van der Waals surface area contributed by atoms with Gasteiger partial charge < -0.3 is 0 Å². The number of pyridine rings is 1. The molecule has 2 aromatic carbocycles. The first-order chi connectivity index (χ1) is 15.4. The van der Waals surface area contributed by atoms with E-state index in [9.17, 15) is 0 Å². The van der Waals surface area contributed by atoms with E-state index in [2.05, 4.69) is 118 Å². The van der Waals surface area contributed by atoms with E-state index in [1.54, 1.807) is 5.56 Å². The minimum atomic E-state index is 0.0107. The highest BCUT2D eigenvalue weighted by Crippen LogP contribution is 2.51. The van der Waals surface area contributed by atoms with Crippen LogP contribution in [0.5, 0.6) is 0 Å². The van der Waals surface area contributed by atoms with Gasteiger partial charge in [0.05, 0.1) is 11.0 Å². The maximum absolute atomic E-state index is 3.76. The Bertz CT molecular complexity index is 1280. The van der Waals surface area contributed by atoms with Crippen molar-refractivity contribution >= 4 is 26.7 Å². The summed E-state index contributed by atoms with van der Waals surface area (Å²) >= 11 is 3.76. The van der Waals surface area contributed by atoms with Crippen molar-refractivity contribution in [1.29, 1.82) is 0 Å². The minimum absolute atomic E-state index is 0.0107. The van der Waals surface area contributed by atoms with Crippen LogP contribution in [0.2, 0.25) is 0 Å². The monoisotopic (exact) mass is 504 g/mol. The standard InChI is InChI=1S/C31H39BrN/c1-9-30(7)24-12-11-22(32)18-23(24)27-17-20-15-25-26(29(5,6)14-13-28(25,3)4)16-21(20)19-33(27)31(30,8)10-2/h11-12,15-19H,9-10,13-14H2,1-8H3/q+1. The fourth-order valence-corrected chi connectivity index (χ4v) is 7.18. The molecule has 0 amide bonds. The molecular weight excluding hydrogens is 466 g/mol. The zero-order valence-corrected chi connectivity index (χ0v) is 23.3. The summed E-state index contributed by atoms with van der Waals surface area (Å²) in [7, 11) is 0. The van der Waals surface area contributed by atoms with Crippen LogP contribution in [-0.4, -0.2) is 0 Å². The lowest BCUT2D eigenvalue weighted by molar-refractivity contribution is -0.764. The molecule has 0 saturated carbocycles. The summed E-state index contributed by atoms with van der Waals surface area (Å²) < 4.78 is 3.78. The highest BCUT2D eigenvalue weighted by molar-refractivity contribution is 9.10. The van der Waals surface area contributed by atoms with Gasteiger partial charge in [-0.05, 0) is 83.4 Å². The third-order valence-corrected chi connectivity index (χ3v) is 10.3. The van der Waals surface area contributed by atoms with Crippen molar-refractivity contribution in [2.75, 3.05) is 0 Å². The van der Waals surface area contributed by atoms with Crippen molar-refractivity contribution < 1.29 is 4.57 Å². The number of fused-ring (bicyclic) bond motifs is 5. The molecule has 1 aliphatic carbocycles. The van der Waals surface area contributed by atoms with E-state index >= 15 is 0 Å². The predicted octanol–water partition coefficient (Wildman–Crippen LogP) is 8.71. The number of rotatable bonds is 2. The Hall–Kier alpha value is -1.67. The quantitative estimate of drug-likeness (QED) is 0.307. The Morgan fingerprint density at radius 1 is 0.758 bits per heavy atom. The molecule has 33 heavy (non-hydrogen) atoms. The minimum Gasteiger partial charge on any atom is -0.192 e. The van der Waals surface area contributed by atoms with Crippen LogP contribution in [0.4, 0.5) is 0 Å². The van der Waals surface area contributed by atoms with Gasteiger partial charge in [-0.15, -0.1) is 0 Å². The van der Waals surface area contributed by atoms with Gasteiger partial charge in [0.15, 0.2) is 11.7 Å². The highest BCUT2D eigenvalue weighted by atomic mass is 79.9.